The van der Waals surface area contributed by atoms with E-state index in [4.69, 9.17) is 9.15 Å². The maximum atomic E-state index is 5.71. The number of benzene rings is 1. The Bertz CT molecular complexity index is 667. The van der Waals surface area contributed by atoms with Gasteiger partial charge in [-0.25, -0.2) is 0 Å². The maximum Gasteiger partial charge on any atom is 0.191 e. The van der Waals surface area contributed by atoms with E-state index in [0.717, 1.165) is 37.1 Å². The summed E-state index contributed by atoms with van der Waals surface area (Å²) in [6, 6.07) is 14.1. The first-order valence-electron chi connectivity index (χ1n) is 9.76. The first-order valence-corrected chi connectivity index (χ1v) is 9.76. The van der Waals surface area contributed by atoms with E-state index in [1.807, 2.05) is 36.4 Å². The predicted octanol–water partition coefficient (Wildman–Crippen LogP) is 3.05. The number of furan rings is 1. The van der Waals surface area contributed by atoms with Crippen molar-refractivity contribution in [3.63, 3.8) is 0 Å². The third-order valence-corrected chi connectivity index (χ3v) is 4.80. The van der Waals surface area contributed by atoms with Crippen molar-refractivity contribution in [1.29, 1.82) is 0 Å². The summed E-state index contributed by atoms with van der Waals surface area (Å²) in [4.78, 5) is 6.82. The molecule has 0 spiro atoms. The lowest BCUT2D eigenvalue weighted by Gasteiger charge is -2.33. The quantitative estimate of drug-likeness (QED) is 0.425. The molecule has 146 valence electrons. The van der Waals surface area contributed by atoms with Crippen molar-refractivity contribution in [2.24, 2.45) is 4.99 Å². The van der Waals surface area contributed by atoms with Crippen LogP contribution in [0.4, 0.5) is 0 Å². The number of nitrogens with one attached hydrogen (secondary N) is 2. The molecule has 0 saturated carbocycles. The lowest BCUT2D eigenvalue weighted by atomic mass is 10.1. The molecule has 6 heteroatoms. The molecule has 1 saturated heterocycles. The fraction of sp³-hybridized carbons (Fsp3) is 0.476. The molecule has 0 amide bonds. The summed E-state index contributed by atoms with van der Waals surface area (Å²) in [5, 5.41) is 6.74. The van der Waals surface area contributed by atoms with Gasteiger partial charge >= 0.3 is 0 Å². The topological polar surface area (TPSA) is 62.0 Å². The van der Waals surface area contributed by atoms with Crippen LogP contribution in [0.5, 0.6) is 5.75 Å². The fourth-order valence-electron chi connectivity index (χ4n) is 3.39. The van der Waals surface area contributed by atoms with Gasteiger partial charge in [0, 0.05) is 13.6 Å². The number of nitrogens with zero attached hydrogens (tertiary/aromatic N) is 2. The van der Waals surface area contributed by atoms with Gasteiger partial charge in [0.2, 0.25) is 0 Å². The number of guanidine groups is 1. The van der Waals surface area contributed by atoms with Gasteiger partial charge in [-0.15, -0.1) is 0 Å². The molecule has 2 N–H and O–H groups in total. The Hall–Kier alpha value is -2.47. The van der Waals surface area contributed by atoms with E-state index in [2.05, 4.69) is 26.6 Å². The zero-order valence-corrected chi connectivity index (χ0v) is 16.1. The molecule has 0 bridgehead atoms. The molecule has 1 aromatic carbocycles. The van der Waals surface area contributed by atoms with Crippen LogP contribution in [0.1, 0.15) is 31.1 Å². The van der Waals surface area contributed by atoms with Crippen LogP contribution in [0.15, 0.2) is 58.1 Å². The van der Waals surface area contributed by atoms with Crippen LogP contribution in [-0.4, -0.2) is 50.7 Å². The molecule has 2 aromatic rings. The van der Waals surface area contributed by atoms with E-state index < -0.39 is 0 Å². The van der Waals surface area contributed by atoms with Gasteiger partial charge in [0.25, 0.3) is 0 Å². The summed E-state index contributed by atoms with van der Waals surface area (Å²) in [6.07, 6.45) is 5.57. The average molecular weight is 370 g/mol. The van der Waals surface area contributed by atoms with Gasteiger partial charge in [-0.3, -0.25) is 9.89 Å². The SMILES string of the molecule is CN=C(NCCOc1ccccc1)NCC(c1ccco1)N1CCCCC1. The van der Waals surface area contributed by atoms with Gasteiger partial charge in [-0.2, -0.15) is 0 Å². The number of para-hydroxylation sites is 1. The van der Waals surface area contributed by atoms with E-state index in [1.54, 1.807) is 13.3 Å². The number of rotatable bonds is 8. The monoisotopic (exact) mass is 370 g/mol. The third kappa shape index (κ3) is 6.03. The summed E-state index contributed by atoms with van der Waals surface area (Å²) in [5.74, 6) is 2.66. The van der Waals surface area contributed by atoms with E-state index in [-0.39, 0.29) is 6.04 Å². The first-order chi connectivity index (χ1) is 13.4. The van der Waals surface area contributed by atoms with Gasteiger partial charge in [-0.1, -0.05) is 24.6 Å². The Morgan fingerprint density at radius 1 is 1.11 bits per heavy atom. The van der Waals surface area contributed by atoms with Crippen LogP contribution in [0.3, 0.4) is 0 Å². The minimum Gasteiger partial charge on any atom is -0.492 e. The highest BCUT2D eigenvalue weighted by Crippen LogP contribution is 2.24. The zero-order valence-electron chi connectivity index (χ0n) is 16.1. The van der Waals surface area contributed by atoms with Crippen molar-refractivity contribution in [2.75, 3.05) is 39.8 Å². The van der Waals surface area contributed by atoms with Crippen molar-refractivity contribution in [3.05, 3.63) is 54.5 Å². The number of hydrogen-bond acceptors (Lipinski definition) is 4. The second kappa shape index (κ2) is 10.6. The predicted molar refractivity (Wildman–Crippen MR) is 108 cm³/mol. The molecule has 0 aliphatic carbocycles. The second-order valence-corrected chi connectivity index (χ2v) is 6.67. The molecular formula is C21H30N4O2. The number of aliphatic imine (C=N–C) groups is 1. The van der Waals surface area contributed by atoms with E-state index in [0.29, 0.717) is 13.2 Å². The van der Waals surface area contributed by atoms with E-state index in [9.17, 15) is 0 Å². The fourth-order valence-corrected chi connectivity index (χ4v) is 3.39. The largest absolute Gasteiger partial charge is 0.492 e. The number of ether oxygens (including phenoxy) is 1. The molecule has 3 rings (SSSR count). The molecule has 2 heterocycles. The highest BCUT2D eigenvalue weighted by molar-refractivity contribution is 5.79. The highest BCUT2D eigenvalue weighted by Gasteiger charge is 2.24. The Balaban J connectivity index is 1.46. The molecule has 1 atom stereocenters. The zero-order chi connectivity index (χ0) is 18.7. The van der Waals surface area contributed by atoms with Gasteiger partial charge in [0.05, 0.1) is 18.8 Å². The molecule has 1 aliphatic heterocycles. The molecule has 6 nitrogen and oxygen atoms in total. The van der Waals surface area contributed by atoms with Crippen molar-refractivity contribution in [3.8, 4) is 5.75 Å². The summed E-state index contributed by atoms with van der Waals surface area (Å²) in [7, 11) is 1.79. The normalized spacial score (nSPS) is 16.7. The van der Waals surface area contributed by atoms with Crippen LogP contribution >= 0.6 is 0 Å². The summed E-state index contributed by atoms with van der Waals surface area (Å²) < 4.78 is 11.4. The maximum absolute atomic E-state index is 5.71. The molecule has 27 heavy (non-hydrogen) atoms. The van der Waals surface area contributed by atoms with Crippen molar-refractivity contribution >= 4 is 5.96 Å². The lowest BCUT2D eigenvalue weighted by Crippen LogP contribution is -2.45. The minimum atomic E-state index is 0.222. The van der Waals surface area contributed by atoms with Crippen molar-refractivity contribution in [1.82, 2.24) is 15.5 Å². The van der Waals surface area contributed by atoms with Gasteiger partial charge in [0.1, 0.15) is 18.1 Å². The second-order valence-electron chi connectivity index (χ2n) is 6.67. The Morgan fingerprint density at radius 2 is 1.93 bits per heavy atom. The summed E-state index contributed by atoms with van der Waals surface area (Å²) in [6.45, 7) is 4.25. The average Bonchev–Trinajstić information content (AvgIpc) is 3.26. The summed E-state index contributed by atoms with van der Waals surface area (Å²) >= 11 is 0. The Kier molecular flexibility index (Phi) is 7.59. The number of likely N-dealkylation sites (tertiary alicyclic amines) is 1. The van der Waals surface area contributed by atoms with Crippen LogP contribution < -0.4 is 15.4 Å². The standard InChI is InChI=1S/C21H30N4O2/c1-22-21(23-12-16-26-18-9-4-2-5-10-18)24-17-19(20-11-8-15-27-20)25-13-6-3-7-14-25/h2,4-5,8-11,15,19H,3,6-7,12-14,16-17H2,1H3,(H2,22,23,24). The molecule has 1 aliphatic rings. The molecular weight excluding hydrogens is 340 g/mol. The van der Waals surface area contributed by atoms with Gasteiger partial charge in [0.15, 0.2) is 5.96 Å². The van der Waals surface area contributed by atoms with Crippen molar-refractivity contribution in [2.45, 2.75) is 25.3 Å². The highest BCUT2D eigenvalue weighted by atomic mass is 16.5. The van der Waals surface area contributed by atoms with Crippen LogP contribution in [0.25, 0.3) is 0 Å². The lowest BCUT2D eigenvalue weighted by molar-refractivity contribution is 0.146. The Morgan fingerprint density at radius 3 is 2.63 bits per heavy atom. The number of hydrogen-bond donors (Lipinski definition) is 2. The molecule has 1 aromatic heterocycles. The number of piperidine rings is 1. The van der Waals surface area contributed by atoms with Gasteiger partial charge < -0.3 is 19.8 Å². The minimum absolute atomic E-state index is 0.222. The molecule has 1 fully saturated rings. The van der Waals surface area contributed by atoms with Crippen molar-refractivity contribution < 1.29 is 9.15 Å². The van der Waals surface area contributed by atoms with E-state index in [1.165, 1.54) is 19.3 Å². The van der Waals surface area contributed by atoms with E-state index >= 15 is 0 Å². The Labute approximate surface area is 161 Å². The smallest absolute Gasteiger partial charge is 0.191 e. The third-order valence-electron chi connectivity index (χ3n) is 4.80. The molecule has 1 unspecified atom stereocenters. The van der Waals surface area contributed by atoms with Crippen LogP contribution in [-0.2, 0) is 0 Å². The molecule has 0 radical (unpaired) electrons. The van der Waals surface area contributed by atoms with Gasteiger partial charge in [-0.05, 0) is 50.2 Å². The van der Waals surface area contributed by atoms with Crippen LogP contribution in [0.2, 0.25) is 0 Å². The first kappa shape index (κ1) is 19.3. The summed E-state index contributed by atoms with van der Waals surface area (Å²) in [5.41, 5.74) is 0. The van der Waals surface area contributed by atoms with Crippen LogP contribution in [0, 0.1) is 0 Å².